The molecular formula is C10H23FN2. The van der Waals surface area contributed by atoms with E-state index in [9.17, 15) is 4.39 Å². The summed E-state index contributed by atoms with van der Waals surface area (Å²) < 4.78 is 11.9. The van der Waals surface area contributed by atoms with Crippen LogP contribution < -0.4 is 5.32 Å². The first-order valence-corrected chi connectivity index (χ1v) is 5.22. The summed E-state index contributed by atoms with van der Waals surface area (Å²) in [6, 6.07) is 0.542. The van der Waals surface area contributed by atoms with Gasteiger partial charge in [-0.05, 0) is 13.0 Å². The molecule has 0 aliphatic heterocycles. The lowest BCUT2D eigenvalue weighted by atomic mass is 10.3. The second-order valence-corrected chi connectivity index (χ2v) is 3.59. The third kappa shape index (κ3) is 8.19. The first-order chi connectivity index (χ1) is 6.20. The van der Waals surface area contributed by atoms with Crippen LogP contribution in [-0.4, -0.2) is 43.8 Å². The van der Waals surface area contributed by atoms with E-state index in [0.29, 0.717) is 12.5 Å². The van der Waals surface area contributed by atoms with Gasteiger partial charge in [-0.15, -0.1) is 0 Å². The third-order valence-electron chi connectivity index (χ3n) is 2.04. The molecule has 0 aliphatic rings. The van der Waals surface area contributed by atoms with Gasteiger partial charge in [0, 0.05) is 25.7 Å². The molecule has 1 N–H and O–H groups in total. The van der Waals surface area contributed by atoms with Crippen molar-refractivity contribution in [2.45, 2.75) is 33.2 Å². The van der Waals surface area contributed by atoms with Gasteiger partial charge in [-0.3, -0.25) is 4.39 Å². The summed E-state index contributed by atoms with van der Waals surface area (Å²) in [5.41, 5.74) is 0. The molecule has 0 saturated carbocycles. The first-order valence-electron chi connectivity index (χ1n) is 5.22. The van der Waals surface area contributed by atoms with Gasteiger partial charge in [0.05, 0.1) is 6.67 Å². The molecule has 13 heavy (non-hydrogen) atoms. The maximum Gasteiger partial charge on any atom is 0.0906 e. The van der Waals surface area contributed by atoms with Crippen molar-refractivity contribution >= 4 is 0 Å². The fourth-order valence-corrected chi connectivity index (χ4v) is 1.22. The number of rotatable bonds is 8. The summed E-state index contributed by atoms with van der Waals surface area (Å²) in [4.78, 5) is 2.27. The maximum atomic E-state index is 11.9. The van der Waals surface area contributed by atoms with E-state index in [-0.39, 0.29) is 6.67 Å². The second kappa shape index (κ2) is 8.45. The summed E-state index contributed by atoms with van der Waals surface area (Å²) in [7, 11) is 0. The smallest absolute Gasteiger partial charge is 0.0906 e. The quantitative estimate of drug-likeness (QED) is 0.626. The molecule has 0 atom stereocenters. The molecule has 0 amide bonds. The number of hydrogen-bond donors (Lipinski definition) is 1. The molecule has 0 rings (SSSR count). The molecule has 80 valence electrons. The fraction of sp³-hybridized carbons (Fsp3) is 1.00. The zero-order valence-corrected chi connectivity index (χ0v) is 9.15. The van der Waals surface area contributed by atoms with E-state index in [1.807, 2.05) is 0 Å². The number of alkyl halides is 1. The first kappa shape index (κ1) is 12.8. The lowest BCUT2D eigenvalue weighted by molar-refractivity contribution is 0.268. The van der Waals surface area contributed by atoms with Crippen LogP contribution in [0.25, 0.3) is 0 Å². The average Bonchev–Trinajstić information content (AvgIpc) is 2.10. The van der Waals surface area contributed by atoms with E-state index in [1.165, 1.54) is 0 Å². The van der Waals surface area contributed by atoms with Crippen molar-refractivity contribution in [1.82, 2.24) is 10.2 Å². The van der Waals surface area contributed by atoms with Gasteiger partial charge in [0.25, 0.3) is 0 Å². The van der Waals surface area contributed by atoms with Gasteiger partial charge in [0.1, 0.15) is 0 Å². The van der Waals surface area contributed by atoms with Crippen molar-refractivity contribution in [2.24, 2.45) is 0 Å². The Bertz CT molecular complexity index is 107. The molecule has 2 nitrogen and oxygen atoms in total. The summed E-state index contributed by atoms with van der Waals surface area (Å²) in [6.07, 6.45) is 0.662. The highest BCUT2D eigenvalue weighted by Crippen LogP contribution is 1.91. The minimum atomic E-state index is -0.200. The van der Waals surface area contributed by atoms with Crippen molar-refractivity contribution in [2.75, 3.05) is 32.9 Å². The zero-order valence-electron chi connectivity index (χ0n) is 9.15. The molecule has 0 spiro atoms. The highest BCUT2D eigenvalue weighted by Gasteiger charge is 2.01. The van der Waals surface area contributed by atoms with Gasteiger partial charge in [-0.1, -0.05) is 20.8 Å². The van der Waals surface area contributed by atoms with Crippen LogP contribution in [0.5, 0.6) is 0 Å². The Balaban J connectivity index is 3.36. The van der Waals surface area contributed by atoms with Gasteiger partial charge < -0.3 is 10.2 Å². The molecule has 0 aromatic heterocycles. The molecule has 0 bridgehead atoms. The molecule has 0 aliphatic carbocycles. The van der Waals surface area contributed by atoms with E-state index >= 15 is 0 Å². The Morgan fingerprint density at radius 1 is 1.31 bits per heavy atom. The monoisotopic (exact) mass is 190 g/mol. The maximum absolute atomic E-state index is 11.9. The Kier molecular flexibility index (Phi) is 8.35. The van der Waals surface area contributed by atoms with E-state index < -0.39 is 0 Å². The summed E-state index contributed by atoms with van der Waals surface area (Å²) in [5.74, 6) is 0. The van der Waals surface area contributed by atoms with Crippen LogP contribution in [-0.2, 0) is 0 Å². The van der Waals surface area contributed by atoms with Gasteiger partial charge >= 0.3 is 0 Å². The minimum absolute atomic E-state index is 0.200. The number of nitrogens with zero attached hydrogens (tertiary/aromatic N) is 1. The summed E-state index contributed by atoms with van der Waals surface area (Å²) in [6.45, 7) is 10.1. The third-order valence-corrected chi connectivity index (χ3v) is 2.04. The normalized spacial score (nSPS) is 11.5. The van der Waals surface area contributed by atoms with Crippen molar-refractivity contribution in [3.05, 3.63) is 0 Å². The van der Waals surface area contributed by atoms with Crippen LogP contribution in [0.1, 0.15) is 27.2 Å². The van der Waals surface area contributed by atoms with Crippen molar-refractivity contribution in [3.63, 3.8) is 0 Å². The number of hydrogen-bond acceptors (Lipinski definition) is 2. The molecule has 0 fully saturated rings. The van der Waals surface area contributed by atoms with E-state index in [1.54, 1.807) is 0 Å². The lowest BCUT2D eigenvalue weighted by Gasteiger charge is -2.20. The van der Waals surface area contributed by atoms with Crippen LogP contribution >= 0.6 is 0 Å². The number of likely N-dealkylation sites (N-methyl/N-ethyl adjacent to an activating group) is 1. The summed E-state index contributed by atoms with van der Waals surface area (Å²) >= 11 is 0. The molecule has 0 aromatic rings. The molecule has 0 heterocycles. The standard InChI is InChI=1S/C10H23FN2/c1-4-13(8-5-6-11)9-7-12-10(2)3/h10,12H,4-9H2,1-3H3. The molecule has 0 aromatic carbocycles. The number of halogens is 1. The Labute approximate surface area is 81.5 Å². The van der Waals surface area contributed by atoms with Crippen LogP contribution in [0.2, 0.25) is 0 Å². The second-order valence-electron chi connectivity index (χ2n) is 3.59. The van der Waals surface area contributed by atoms with E-state index in [4.69, 9.17) is 0 Å². The van der Waals surface area contributed by atoms with Crippen molar-refractivity contribution in [3.8, 4) is 0 Å². The van der Waals surface area contributed by atoms with Gasteiger partial charge in [0.2, 0.25) is 0 Å². The highest BCUT2D eigenvalue weighted by atomic mass is 19.1. The largest absolute Gasteiger partial charge is 0.313 e. The average molecular weight is 190 g/mol. The minimum Gasteiger partial charge on any atom is -0.313 e. The van der Waals surface area contributed by atoms with Gasteiger partial charge in [0.15, 0.2) is 0 Å². The van der Waals surface area contributed by atoms with E-state index in [0.717, 1.165) is 26.2 Å². The van der Waals surface area contributed by atoms with Crippen LogP contribution in [0.4, 0.5) is 4.39 Å². The molecular weight excluding hydrogens is 167 g/mol. The zero-order chi connectivity index (χ0) is 10.1. The summed E-state index contributed by atoms with van der Waals surface area (Å²) in [5, 5.41) is 3.35. The molecule has 3 heteroatoms. The molecule has 0 radical (unpaired) electrons. The van der Waals surface area contributed by atoms with Crippen LogP contribution in [0.15, 0.2) is 0 Å². The van der Waals surface area contributed by atoms with E-state index in [2.05, 4.69) is 31.0 Å². The Hall–Kier alpha value is -0.150. The van der Waals surface area contributed by atoms with Crippen molar-refractivity contribution in [1.29, 1.82) is 0 Å². The van der Waals surface area contributed by atoms with Crippen LogP contribution in [0, 0.1) is 0 Å². The predicted molar refractivity (Wildman–Crippen MR) is 55.8 cm³/mol. The molecule has 0 saturated heterocycles. The Morgan fingerprint density at radius 3 is 2.46 bits per heavy atom. The molecule has 0 unspecified atom stereocenters. The topological polar surface area (TPSA) is 15.3 Å². The SMILES string of the molecule is CCN(CCCF)CCNC(C)C. The fourth-order valence-electron chi connectivity index (χ4n) is 1.22. The Morgan fingerprint density at radius 2 is 2.00 bits per heavy atom. The predicted octanol–water partition coefficient (Wildman–Crippen LogP) is 1.67. The number of nitrogens with one attached hydrogen (secondary N) is 1. The van der Waals surface area contributed by atoms with Crippen LogP contribution in [0.3, 0.4) is 0 Å². The lowest BCUT2D eigenvalue weighted by Crippen LogP contribution is -2.35. The van der Waals surface area contributed by atoms with Gasteiger partial charge in [-0.2, -0.15) is 0 Å². The van der Waals surface area contributed by atoms with Crippen molar-refractivity contribution < 1.29 is 4.39 Å². The van der Waals surface area contributed by atoms with Gasteiger partial charge in [-0.25, -0.2) is 0 Å². The highest BCUT2D eigenvalue weighted by molar-refractivity contribution is 4.59.